The summed E-state index contributed by atoms with van der Waals surface area (Å²) in [5, 5.41) is 0. The summed E-state index contributed by atoms with van der Waals surface area (Å²) in [4.78, 5) is 38.0. The Balaban J connectivity index is 1.62. The fraction of sp³-hybridized carbons (Fsp3) is 0.800. The van der Waals surface area contributed by atoms with Gasteiger partial charge < -0.3 is 14.2 Å². The van der Waals surface area contributed by atoms with Crippen LogP contribution in [0.4, 0.5) is 4.39 Å². The number of ketones is 2. The maximum absolute atomic E-state index is 15.8. The molecule has 1 heterocycles. The Kier molecular flexibility index (Phi) is 5.77. The molecular formula is C25H32ClFO6. The molecule has 6 nitrogen and oxygen atoms in total. The van der Waals surface area contributed by atoms with Gasteiger partial charge in [0.25, 0.3) is 0 Å². The molecule has 0 radical (unpaired) electrons. The van der Waals surface area contributed by atoms with E-state index >= 15 is 4.39 Å². The lowest BCUT2D eigenvalue weighted by Crippen LogP contribution is -2.64. The molecule has 8 atom stereocenters. The number of carbonyl (C=O) groups excluding carboxylic acids is 3. The fourth-order valence-corrected chi connectivity index (χ4v) is 8.47. The molecule has 5 rings (SSSR count). The summed E-state index contributed by atoms with van der Waals surface area (Å²) in [5.74, 6) is -1.08. The monoisotopic (exact) mass is 482 g/mol. The molecule has 0 amide bonds. The summed E-state index contributed by atoms with van der Waals surface area (Å²) in [6, 6.07) is 0. The first-order chi connectivity index (χ1) is 15.7. The molecule has 3 saturated carbocycles. The van der Waals surface area contributed by atoms with Crippen LogP contribution in [0.5, 0.6) is 0 Å². The SMILES string of the molecule is CCC(=O)O[C@]1(C(=O)CCl)CC[C@H]2[C@@H]3C[C@@H](F)C4=CC(=O)CC[C@@]45COCO[C@@H](C[C@@]21C)[C@@H]35. The second-order valence-corrected chi connectivity index (χ2v) is 11.0. The standard InChI is InChI=1S/C25H32ClFO6/c1-3-21(30)33-25(20(29)11-26)7-5-16-15-9-18(27)17-8-14(28)4-6-24(17)12-31-13-32-19(22(15)24)10-23(16,25)2/h8,15-16,18-19,22H,3-7,9-13H2,1-2H3/t15-,16-,18+,19-,22+,23-,24+,25-/m0/s1. The average molecular weight is 483 g/mol. The van der Waals surface area contributed by atoms with Crippen LogP contribution in [0.3, 0.4) is 0 Å². The minimum Gasteiger partial charge on any atom is -0.450 e. The Morgan fingerprint density at radius 3 is 2.85 bits per heavy atom. The number of hydrogen-bond donors (Lipinski definition) is 0. The quantitative estimate of drug-likeness (QED) is 0.446. The number of hydrogen-bond acceptors (Lipinski definition) is 6. The zero-order valence-corrected chi connectivity index (χ0v) is 20.0. The van der Waals surface area contributed by atoms with Crippen molar-refractivity contribution < 1.29 is 33.0 Å². The number of carbonyl (C=O) groups is 3. The van der Waals surface area contributed by atoms with Crippen LogP contribution in [-0.4, -0.2) is 54.7 Å². The largest absolute Gasteiger partial charge is 0.450 e. The lowest BCUT2D eigenvalue weighted by Gasteiger charge is -2.61. The van der Waals surface area contributed by atoms with Crippen molar-refractivity contribution in [3.05, 3.63) is 11.6 Å². The van der Waals surface area contributed by atoms with E-state index in [1.165, 1.54) is 6.08 Å². The highest BCUT2D eigenvalue weighted by Crippen LogP contribution is 2.69. The predicted octanol–water partition coefficient (Wildman–Crippen LogP) is 3.93. The minimum absolute atomic E-state index is 0.00629. The Labute approximate surface area is 198 Å². The van der Waals surface area contributed by atoms with Crippen molar-refractivity contribution >= 4 is 29.1 Å². The van der Waals surface area contributed by atoms with E-state index in [9.17, 15) is 14.4 Å². The van der Waals surface area contributed by atoms with Gasteiger partial charge >= 0.3 is 5.97 Å². The van der Waals surface area contributed by atoms with Gasteiger partial charge in [-0.05, 0) is 55.6 Å². The molecule has 0 N–H and O–H groups in total. The van der Waals surface area contributed by atoms with Crippen molar-refractivity contribution in [1.29, 1.82) is 0 Å². The highest BCUT2D eigenvalue weighted by molar-refractivity contribution is 6.29. The molecule has 1 spiro atoms. The molecule has 0 aromatic carbocycles. The average Bonchev–Trinajstić information content (AvgIpc) is 2.96. The van der Waals surface area contributed by atoms with E-state index in [0.29, 0.717) is 44.3 Å². The second kappa shape index (κ2) is 8.13. The van der Waals surface area contributed by atoms with E-state index in [1.54, 1.807) is 6.92 Å². The normalized spacial score (nSPS) is 46.4. The zero-order valence-electron chi connectivity index (χ0n) is 19.2. The van der Waals surface area contributed by atoms with Crippen LogP contribution in [0.1, 0.15) is 58.8 Å². The van der Waals surface area contributed by atoms with Crippen molar-refractivity contribution in [1.82, 2.24) is 0 Å². The van der Waals surface area contributed by atoms with Gasteiger partial charge in [0.05, 0.1) is 18.6 Å². The zero-order chi connectivity index (χ0) is 23.6. The van der Waals surface area contributed by atoms with Crippen LogP contribution >= 0.6 is 11.6 Å². The molecule has 33 heavy (non-hydrogen) atoms. The van der Waals surface area contributed by atoms with Crippen LogP contribution in [0.25, 0.3) is 0 Å². The topological polar surface area (TPSA) is 78.9 Å². The Morgan fingerprint density at radius 1 is 1.33 bits per heavy atom. The first-order valence-electron chi connectivity index (χ1n) is 12.1. The molecular weight excluding hydrogens is 451 g/mol. The molecule has 4 fully saturated rings. The molecule has 0 unspecified atom stereocenters. The van der Waals surface area contributed by atoms with Crippen molar-refractivity contribution in [3.8, 4) is 0 Å². The van der Waals surface area contributed by atoms with Gasteiger partial charge in [-0.3, -0.25) is 14.4 Å². The molecule has 0 aromatic rings. The van der Waals surface area contributed by atoms with Gasteiger partial charge in [0.15, 0.2) is 17.2 Å². The number of Topliss-reactive ketones (excluding diaryl/α,β-unsaturated/α-hetero) is 1. The first kappa shape index (κ1) is 23.4. The summed E-state index contributed by atoms with van der Waals surface area (Å²) < 4.78 is 33.8. The molecule has 1 saturated heterocycles. The predicted molar refractivity (Wildman–Crippen MR) is 117 cm³/mol. The lowest BCUT2D eigenvalue weighted by atomic mass is 9.44. The van der Waals surface area contributed by atoms with Crippen LogP contribution in [0.15, 0.2) is 11.6 Å². The molecule has 8 heteroatoms. The van der Waals surface area contributed by atoms with Crippen molar-refractivity contribution in [2.75, 3.05) is 19.3 Å². The molecule has 0 aromatic heterocycles. The smallest absolute Gasteiger partial charge is 0.306 e. The van der Waals surface area contributed by atoms with E-state index in [1.807, 2.05) is 6.92 Å². The van der Waals surface area contributed by atoms with Crippen LogP contribution < -0.4 is 0 Å². The number of alkyl halides is 2. The minimum atomic E-state index is -1.33. The number of ether oxygens (including phenoxy) is 3. The summed E-state index contributed by atoms with van der Waals surface area (Å²) >= 11 is 6.04. The van der Waals surface area contributed by atoms with Gasteiger partial charge in [0, 0.05) is 29.6 Å². The summed E-state index contributed by atoms with van der Waals surface area (Å²) in [6.45, 7) is 4.12. The van der Waals surface area contributed by atoms with Crippen LogP contribution in [-0.2, 0) is 28.6 Å². The van der Waals surface area contributed by atoms with Gasteiger partial charge in [-0.25, -0.2) is 4.39 Å². The Hall–Kier alpha value is -1.31. The molecule has 1 aliphatic heterocycles. The summed E-state index contributed by atoms with van der Waals surface area (Å²) in [7, 11) is 0. The molecule has 0 bridgehead atoms. The first-order valence-corrected chi connectivity index (χ1v) is 12.7. The Bertz CT molecular complexity index is 905. The van der Waals surface area contributed by atoms with Gasteiger partial charge in [0.2, 0.25) is 0 Å². The highest BCUT2D eigenvalue weighted by Gasteiger charge is 2.72. The van der Waals surface area contributed by atoms with Crippen molar-refractivity contribution in [2.24, 2.45) is 28.6 Å². The van der Waals surface area contributed by atoms with E-state index in [0.717, 1.165) is 0 Å². The maximum Gasteiger partial charge on any atom is 0.306 e. The molecule has 5 aliphatic rings. The Morgan fingerprint density at radius 2 is 2.12 bits per heavy atom. The maximum atomic E-state index is 15.8. The number of esters is 1. The van der Waals surface area contributed by atoms with E-state index in [4.69, 9.17) is 25.8 Å². The summed E-state index contributed by atoms with van der Waals surface area (Å²) in [5.41, 5.74) is -2.05. The van der Waals surface area contributed by atoms with E-state index < -0.39 is 28.6 Å². The fourth-order valence-electron chi connectivity index (χ4n) is 8.25. The second-order valence-electron chi connectivity index (χ2n) is 10.8. The van der Waals surface area contributed by atoms with Crippen molar-refractivity contribution in [3.63, 3.8) is 0 Å². The molecule has 4 aliphatic carbocycles. The molecule has 182 valence electrons. The third-order valence-electron chi connectivity index (χ3n) is 9.59. The van der Waals surface area contributed by atoms with Crippen molar-refractivity contribution in [2.45, 2.75) is 76.7 Å². The van der Waals surface area contributed by atoms with Crippen LogP contribution in [0, 0.1) is 28.6 Å². The lowest BCUT2D eigenvalue weighted by molar-refractivity contribution is -0.205. The third-order valence-corrected chi connectivity index (χ3v) is 9.83. The highest BCUT2D eigenvalue weighted by atomic mass is 35.5. The van der Waals surface area contributed by atoms with Gasteiger partial charge in [0.1, 0.15) is 13.0 Å². The van der Waals surface area contributed by atoms with Gasteiger partial charge in [-0.2, -0.15) is 0 Å². The van der Waals surface area contributed by atoms with E-state index in [2.05, 4.69) is 0 Å². The van der Waals surface area contributed by atoms with Gasteiger partial charge in [-0.1, -0.05) is 13.8 Å². The summed E-state index contributed by atoms with van der Waals surface area (Å²) in [6.07, 6.45) is 2.91. The number of halogens is 2. The van der Waals surface area contributed by atoms with Crippen LogP contribution in [0.2, 0.25) is 0 Å². The van der Waals surface area contributed by atoms with Gasteiger partial charge in [-0.15, -0.1) is 11.6 Å². The number of rotatable bonds is 4. The van der Waals surface area contributed by atoms with E-state index in [-0.39, 0.29) is 60.9 Å². The third kappa shape index (κ3) is 3.14. The number of fused-ring (bicyclic) bond motifs is 2.